The smallest absolute Gasteiger partial charge is 0.225 e. The van der Waals surface area contributed by atoms with Crippen molar-refractivity contribution in [2.24, 2.45) is 17.6 Å². The Hall–Kier alpha value is -0.570. The van der Waals surface area contributed by atoms with E-state index in [9.17, 15) is 4.79 Å². The summed E-state index contributed by atoms with van der Waals surface area (Å²) in [7, 11) is 0. The van der Waals surface area contributed by atoms with Crippen molar-refractivity contribution in [3.63, 3.8) is 0 Å². The van der Waals surface area contributed by atoms with Crippen LogP contribution in [0.4, 0.5) is 0 Å². The summed E-state index contributed by atoms with van der Waals surface area (Å²) in [6.45, 7) is 2.71. The zero-order chi connectivity index (χ0) is 10.7. The standard InChI is InChI=1S/C12H22N2O/c13-7-6-10-3-2-8-14(9-10)12(15)11-4-1-5-11/h10-11H,1-9,13H2. The van der Waals surface area contributed by atoms with Crippen molar-refractivity contribution < 1.29 is 4.79 Å². The molecular weight excluding hydrogens is 188 g/mol. The Labute approximate surface area is 92.0 Å². The Morgan fingerprint density at radius 1 is 1.27 bits per heavy atom. The number of amides is 1. The Morgan fingerprint density at radius 2 is 2.07 bits per heavy atom. The Morgan fingerprint density at radius 3 is 2.67 bits per heavy atom. The number of hydrogen-bond acceptors (Lipinski definition) is 2. The fraction of sp³-hybridized carbons (Fsp3) is 0.917. The van der Waals surface area contributed by atoms with Gasteiger partial charge in [-0.2, -0.15) is 0 Å². The highest BCUT2D eigenvalue weighted by Crippen LogP contribution is 2.30. The summed E-state index contributed by atoms with van der Waals surface area (Å²) in [5.41, 5.74) is 5.57. The van der Waals surface area contributed by atoms with Gasteiger partial charge in [-0.05, 0) is 44.6 Å². The van der Waals surface area contributed by atoms with Crippen molar-refractivity contribution in [1.82, 2.24) is 4.90 Å². The van der Waals surface area contributed by atoms with Crippen LogP contribution in [0.5, 0.6) is 0 Å². The van der Waals surface area contributed by atoms with Crippen LogP contribution in [-0.4, -0.2) is 30.4 Å². The molecule has 1 heterocycles. The zero-order valence-electron chi connectivity index (χ0n) is 9.45. The fourth-order valence-electron chi connectivity index (χ4n) is 2.65. The third kappa shape index (κ3) is 2.51. The molecule has 1 aliphatic heterocycles. The first-order valence-corrected chi connectivity index (χ1v) is 6.30. The summed E-state index contributed by atoms with van der Waals surface area (Å²) >= 11 is 0. The van der Waals surface area contributed by atoms with Crippen LogP contribution in [0.15, 0.2) is 0 Å². The van der Waals surface area contributed by atoms with Gasteiger partial charge in [0.2, 0.25) is 5.91 Å². The largest absolute Gasteiger partial charge is 0.342 e. The predicted octanol–water partition coefficient (Wildman–Crippen LogP) is 1.37. The van der Waals surface area contributed by atoms with Crippen LogP contribution in [-0.2, 0) is 4.79 Å². The highest BCUT2D eigenvalue weighted by atomic mass is 16.2. The van der Waals surface area contributed by atoms with Gasteiger partial charge in [0.25, 0.3) is 0 Å². The molecule has 0 aromatic heterocycles. The minimum absolute atomic E-state index is 0.363. The molecule has 3 heteroatoms. The van der Waals surface area contributed by atoms with Gasteiger partial charge in [0.1, 0.15) is 0 Å². The minimum Gasteiger partial charge on any atom is -0.342 e. The molecule has 0 bridgehead atoms. The average Bonchev–Trinajstić information content (AvgIpc) is 2.16. The number of carbonyl (C=O) groups excluding carboxylic acids is 1. The molecule has 2 aliphatic rings. The summed E-state index contributed by atoms with van der Waals surface area (Å²) in [6, 6.07) is 0. The van der Waals surface area contributed by atoms with Gasteiger partial charge >= 0.3 is 0 Å². The zero-order valence-corrected chi connectivity index (χ0v) is 9.45. The molecule has 1 saturated heterocycles. The summed E-state index contributed by atoms with van der Waals surface area (Å²) in [5, 5.41) is 0. The Bertz CT molecular complexity index is 224. The molecule has 1 aliphatic carbocycles. The van der Waals surface area contributed by atoms with E-state index in [1.807, 2.05) is 0 Å². The van der Waals surface area contributed by atoms with Crippen molar-refractivity contribution in [3.05, 3.63) is 0 Å². The van der Waals surface area contributed by atoms with E-state index in [0.29, 0.717) is 17.7 Å². The Balaban J connectivity index is 1.83. The number of nitrogens with two attached hydrogens (primary N) is 1. The molecule has 2 fully saturated rings. The van der Waals surface area contributed by atoms with E-state index in [-0.39, 0.29) is 0 Å². The van der Waals surface area contributed by atoms with Gasteiger partial charge in [0, 0.05) is 19.0 Å². The van der Waals surface area contributed by atoms with Crippen LogP contribution in [0.1, 0.15) is 38.5 Å². The lowest BCUT2D eigenvalue weighted by Gasteiger charge is -2.37. The Kier molecular flexibility index (Phi) is 3.62. The maximum atomic E-state index is 12.0. The van der Waals surface area contributed by atoms with Crippen molar-refractivity contribution >= 4 is 5.91 Å². The summed E-state index contributed by atoms with van der Waals surface area (Å²) in [6.07, 6.45) is 6.99. The molecule has 1 saturated carbocycles. The minimum atomic E-state index is 0.363. The van der Waals surface area contributed by atoms with E-state index in [1.165, 1.54) is 19.3 Å². The number of nitrogens with zero attached hydrogens (tertiary/aromatic N) is 1. The van der Waals surface area contributed by atoms with Crippen molar-refractivity contribution in [3.8, 4) is 0 Å². The van der Waals surface area contributed by atoms with E-state index in [2.05, 4.69) is 4.90 Å². The SMILES string of the molecule is NCCC1CCCN(C(=O)C2CCC2)C1. The molecule has 3 nitrogen and oxygen atoms in total. The molecule has 1 atom stereocenters. The maximum absolute atomic E-state index is 12.0. The molecule has 1 amide bonds. The topological polar surface area (TPSA) is 46.3 Å². The number of rotatable bonds is 3. The van der Waals surface area contributed by atoms with Crippen molar-refractivity contribution in [2.45, 2.75) is 38.5 Å². The van der Waals surface area contributed by atoms with Crippen LogP contribution in [0.3, 0.4) is 0 Å². The first-order valence-electron chi connectivity index (χ1n) is 6.30. The second-order valence-electron chi connectivity index (χ2n) is 5.00. The van der Waals surface area contributed by atoms with Crippen molar-refractivity contribution in [2.75, 3.05) is 19.6 Å². The lowest BCUT2D eigenvalue weighted by molar-refractivity contribution is -0.140. The highest BCUT2D eigenvalue weighted by Gasteiger charge is 2.31. The predicted molar refractivity (Wildman–Crippen MR) is 60.3 cm³/mol. The molecule has 2 rings (SSSR count). The normalized spacial score (nSPS) is 27.5. The molecular formula is C12H22N2O. The lowest BCUT2D eigenvalue weighted by Crippen LogP contribution is -2.44. The monoisotopic (exact) mass is 210 g/mol. The van der Waals surface area contributed by atoms with Gasteiger partial charge in [-0.3, -0.25) is 4.79 Å². The number of likely N-dealkylation sites (tertiary alicyclic amines) is 1. The van der Waals surface area contributed by atoms with Gasteiger partial charge in [0.05, 0.1) is 0 Å². The van der Waals surface area contributed by atoms with Crippen LogP contribution in [0.2, 0.25) is 0 Å². The molecule has 15 heavy (non-hydrogen) atoms. The van der Waals surface area contributed by atoms with Crippen LogP contribution in [0, 0.1) is 11.8 Å². The summed E-state index contributed by atoms with van der Waals surface area (Å²) < 4.78 is 0. The average molecular weight is 210 g/mol. The van der Waals surface area contributed by atoms with Gasteiger partial charge in [-0.15, -0.1) is 0 Å². The maximum Gasteiger partial charge on any atom is 0.225 e. The van der Waals surface area contributed by atoms with E-state index in [0.717, 1.165) is 38.9 Å². The van der Waals surface area contributed by atoms with Crippen LogP contribution in [0.25, 0.3) is 0 Å². The molecule has 86 valence electrons. The van der Waals surface area contributed by atoms with Gasteiger partial charge < -0.3 is 10.6 Å². The first kappa shape index (κ1) is 10.9. The second kappa shape index (κ2) is 4.97. The van der Waals surface area contributed by atoms with Gasteiger partial charge in [0.15, 0.2) is 0 Å². The van der Waals surface area contributed by atoms with Crippen molar-refractivity contribution in [1.29, 1.82) is 0 Å². The van der Waals surface area contributed by atoms with Crippen LogP contribution >= 0.6 is 0 Å². The second-order valence-corrected chi connectivity index (χ2v) is 5.00. The third-order valence-electron chi connectivity index (χ3n) is 3.86. The van der Waals surface area contributed by atoms with E-state index < -0.39 is 0 Å². The van der Waals surface area contributed by atoms with E-state index >= 15 is 0 Å². The number of hydrogen-bond donors (Lipinski definition) is 1. The fourth-order valence-corrected chi connectivity index (χ4v) is 2.65. The van der Waals surface area contributed by atoms with Crippen LogP contribution < -0.4 is 5.73 Å². The summed E-state index contributed by atoms with van der Waals surface area (Å²) in [4.78, 5) is 14.1. The molecule has 0 aromatic carbocycles. The molecule has 2 N–H and O–H groups in total. The molecule has 0 spiro atoms. The number of piperidine rings is 1. The third-order valence-corrected chi connectivity index (χ3v) is 3.86. The molecule has 1 unspecified atom stereocenters. The quantitative estimate of drug-likeness (QED) is 0.765. The van der Waals surface area contributed by atoms with E-state index in [1.54, 1.807) is 0 Å². The van der Waals surface area contributed by atoms with Gasteiger partial charge in [-0.25, -0.2) is 0 Å². The first-order chi connectivity index (χ1) is 7.31. The number of carbonyl (C=O) groups is 1. The van der Waals surface area contributed by atoms with E-state index in [4.69, 9.17) is 5.73 Å². The molecule has 0 aromatic rings. The lowest BCUT2D eigenvalue weighted by atomic mass is 9.83. The van der Waals surface area contributed by atoms with Gasteiger partial charge in [-0.1, -0.05) is 6.42 Å². The molecule has 0 radical (unpaired) electrons. The summed E-state index contributed by atoms with van der Waals surface area (Å²) in [5.74, 6) is 1.44. The highest BCUT2D eigenvalue weighted by molar-refractivity contribution is 5.79.